The first-order valence-corrected chi connectivity index (χ1v) is 10.2. The Morgan fingerprint density at radius 2 is 1.79 bits per heavy atom. The average Bonchev–Trinajstić information content (AvgIpc) is 3.56. The van der Waals surface area contributed by atoms with Gasteiger partial charge in [-0.05, 0) is 49.4 Å². The molecule has 1 aliphatic heterocycles. The molecule has 1 saturated heterocycles. The molecule has 0 unspecified atom stereocenters. The van der Waals surface area contributed by atoms with Gasteiger partial charge in [0.05, 0.1) is 11.7 Å². The van der Waals surface area contributed by atoms with Crippen molar-refractivity contribution in [1.82, 2.24) is 4.90 Å². The maximum absolute atomic E-state index is 14.1. The Morgan fingerprint density at radius 3 is 2.41 bits per heavy atom. The molecule has 1 atom stereocenters. The highest BCUT2D eigenvalue weighted by Crippen LogP contribution is 2.35. The Balaban J connectivity index is 1.31. The van der Waals surface area contributed by atoms with Crippen molar-refractivity contribution in [3.05, 3.63) is 65.5 Å². The topological polar surface area (TPSA) is 72.8 Å². The standard InChI is InChI=1S/C23H27FN2O3/c24-20-4-2-1-3-19(20)23(29)11-13-26(14-12-23)15-21(27)16-7-9-18(10-8-16)25-22(28)17-5-6-17/h1-4,7-10,17,21,27,29H,5-6,11-15H2,(H,25,28)/t21-/m1/s1. The van der Waals surface area contributed by atoms with Crippen molar-refractivity contribution in [2.24, 2.45) is 5.92 Å². The number of β-amino-alcohol motifs (C(OH)–C–C–N with tert-alkyl or cyclic N) is 1. The lowest BCUT2D eigenvalue weighted by Crippen LogP contribution is -2.44. The second-order valence-corrected chi connectivity index (χ2v) is 8.21. The first-order chi connectivity index (χ1) is 13.9. The number of carbonyl (C=O) groups is 1. The predicted molar refractivity (Wildman–Crippen MR) is 109 cm³/mol. The molecule has 5 nitrogen and oxygen atoms in total. The van der Waals surface area contributed by atoms with Gasteiger partial charge in [0.25, 0.3) is 0 Å². The number of piperidine rings is 1. The van der Waals surface area contributed by atoms with Crippen LogP contribution < -0.4 is 5.32 Å². The van der Waals surface area contributed by atoms with Crippen LogP contribution in [0, 0.1) is 11.7 Å². The molecule has 1 amide bonds. The summed E-state index contributed by atoms with van der Waals surface area (Å²) in [4.78, 5) is 13.9. The molecule has 0 radical (unpaired) electrons. The van der Waals surface area contributed by atoms with Gasteiger partial charge >= 0.3 is 0 Å². The summed E-state index contributed by atoms with van der Waals surface area (Å²) in [7, 11) is 0. The Hall–Kier alpha value is -2.28. The summed E-state index contributed by atoms with van der Waals surface area (Å²) in [5, 5.41) is 24.3. The molecule has 2 fully saturated rings. The van der Waals surface area contributed by atoms with Gasteiger partial charge in [0.15, 0.2) is 0 Å². The van der Waals surface area contributed by atoms with Crippen LogP contribution in [0.5, 0.6) is 0 Å². The summed E-state index contributed by atoms with van der Waals surface area (Å²) >= 11 is 0. The number of halogens is 1. The zero-order valence-corrected chi connectivity index (χ0v) is 16.4. The van der Waals surface area contributed by atoms with Crippen LogP contribution in [0.15, 0.2) is 48.5 Å². The molecule has 1 saturated carbocycles. The van der Waals surface area contributed by atoms with Crippen molar-refractivity contribution in [3.8, 4) is 0 Å². The van der Waals surface area contributed by atoms with Crippen molar-refractivity contribution in [3.63, 3.8) is 0 Å². The molecule has 0 spiro atoms. The van der Waals surface area contributed by atoms with Crippen molar-refractivity contribution < 1.29 is 19.4 Å². The molecule has 0 aromatic heterocycles. The molecule has 2 aliphatic rings. The minimum absolute atomic E-state index is 0.0638. The van der Waals surface area contributed by atoms with Crippen molar-refractivity contribution in [1.29, 1.82) is 0 Å². The zero-order valence-electron chi connectivity index (χ0n) is 16.4. The molecule has 1 heterocycles. The van der Waals surface area contributed by atoms with Crippen LogP contribution in [0.2, 0.25) is 0 Å². The van der Waals surface area contributed by atoms with Crippen molar-refractivity contribution >= 4 is 11.6 Å². The fourth-order valence-corrected chi connectivity index (χ4v) is 3.94. The van der Waals surface area contributed by atoms with Crippen molar-refractivity contribution in [2.45, 2.75) is 37.4 Å². The molecular weight excluding hydrogens is 371 g/mol. The summed E-state index contributed by atoms with van der Waals surface area (Å²) in [5.74, 6) is -0.159. The quantitative estimate of drug-likeness (QED) is 0.699. The van der Waals surface area contributed by atoms with E-state index in [1.165, 1.54) is 6.07 Å². The minimum Gasteiger partial charge on any atom is -0.387 e. The average molecular weight is 398 g/mol. The SMILES string of the molecule is O=C(Nc1ccc([C@H](O)CN2CCC(O)(c3ccccc3F)CC2)cc1)C1CC1. The number of rotatable bonds is 6. The molecule has 2 aromatic rings. The van der Waals surface area contributed by atoms with Gasteiger partial charge in [-0.15, -0.1) is 0 Å². The lowest BCUT2D eigenvalue weighted by atomic mass is 9.84. The second kappa shape index (κ2) is 8.22. The highest BCUT2D eigenvalue weighted by Gasteiger charge is 2.36. The number of hydrogen-bond acceptors (Lipinski definition) is 4. The minimum atomic E-state index is -1.16. The number of amides is 1. The molecule has 2 aromatic carbocycles. The van der Waals surface area contributed by atoms with Gasteiger partial charge in [-0.2, -0.15) is 0 Å². The fourth-order valence-electron chi connectivity index (χ4n) is 3.94. The maximum Gasteiger partial charge on any atom is 0.227 e. The number of likely N-dealkylation sites (tertiary alicyclic amines) is 1. The van der Waals surface area contributed by atoms with E-state index in [1.807, 2.05) is 24.3 Å². The molecule has 3 N–H and O–H groups in total. The van der Waals surface area contributed by atoms with E-state index >= 15 is 0 Å². The smallest absolute Gasteiger partial charge is 0.227 e. The lowest BCUT2D eigenvalue weighted by molar-refractivity contribution is -0.117. The fraction of sp³-hybridized carbons (Fsp3) is 0.435. The van der Waals surface area contributed by atoms with Gasteiger partial charge in [0.2, 0.25) is 5.91 Å². The van der Waals surface area contributed by atoms with Crippen LogP contribution in [0.25, 0.3) is 0 Å². The van der Waals surface area contributed by atoms with Gasteiger partial charge in [-0.1, -0.05) is 30.3 Å². The summed E-state index contributed by atoms with van der Waals surface area (Å²) in [6.07, 6.45) is 2.11. The Kier molecular flexibility index (Phi) is 5.67. The number of aliphatic hydroxyl groups excluding tert-OH is 1. The largest absolute Gasteiger partial charge is 0.387 e. The van der Waals surface area contributed by atoms with Crippen LogP contribution >= 0.6 is 0 Å². The zero-order chi connectivity index (χ0) is 20.4. The van der Waals surface area contributed by atoms with E-state index < -0.39 is 11.7 Å². The number of anilines is 1. The van der Waals surface area contributed by atoms with Crippen LogP contribution in [0.1, 0.15) is 42.9 Å². The third-order valence-electron chi connectivity index (χ3n) is 6.00. The highest BCUT2D eigenvalue weighted by molar-refractivity contribution is 5.94. The van der Waals surface area contributed by atoms with E-state index in [0.29, 0.717) is 38.0 Å². The molecular formula is C23H27FN2O3. The summed E-state index contributed by atoms with van der Waals surface area (Å²) in [5.41, 5.74) is 0.716. The summed E-state index contributed by atoms with van der Waals surface area (Å²) in [6.45, 7) is 1.61. The van der Waals surface area contributed by atoms with E-state index in [4.69, 9.17) is 0 Å². The van der Waals surface area contributed by atoms with Gasteiger partial charge in [-0.25, -0.2) is 4.39 Å². The second-order valence-electron chi connectivity index (χ2n) is 8.21. The Bertz CT molecular complexity index is 859. The number of benzene rings is 2. The van der Waals surface area contributed by atoms with Crippen molar-refractivity contribution in [2.75, 3.05) is 25.0 Å². The molecule has 154 valence electrons. The first-order valence-electron chi connectivity index (χ1n) is 10.2. The Labute approximate surface area is 170 Å². The number of aliphatic hydroxyl groups is 2. The lowest BCUT2D eigenvalue weighted by Gasteiger charge is -2.39. The Morgan fingerprint density at radius 1 is 1.14 bits per heavy atom. The van der Waals surface area contributed by atoms with Crippen LogP contribution in [0.4, 0.5) is 10.1 Å². The van der Waals surface area contributed by atoms with Gasteiger partial charge in [0, 0.05) is 36.8 Å². The number of carbonyl (C=O) groups excluding carboxylic acids is 1. The number of hydrogen-bond donors (Lipinski definition) is 3. The van der Waals surface area contributed by atoms with E-state index in [0.717, 1.165) is 24.1 Å². The van der Waals surface area contributed by atoms with E-state index in [2.05, 4.69) is 10.2 Å². The number of nitrogens with one attached hydrogen (secondary N) is 1. The molecule has 4 rings (SSSR count). The van der Waals surface area contributed by atoms with Gasteiger partial charge in [-0.3, -0.25) is 4.79 Å². The predicted octanol–water partition coefficient (Wildman–Crippen LogP) is 3.19. The monoisotopic (exact) mass is 398 g/mol. The molecule has 0 bridgehead atoms. The van der Waals surface area contributed by atoms with Gasteiger partial charge in [0.1, 0.15) is 5.82 Å². The molecule has 6 heteroatoms. The van der Waals surface area contributed by atoms with E-state index in [9.17, 15) is 19.4 Å². The van der Waals surface area contributed by atoms with Crippen LogP contribution in [-0.4, -0.2) is 40.7 Å². The van der Waals surface area contributed by atoms with Crippen LogP contribution in [0.3, 0.4) is 0 Å². The third-order valence-corrected chi connectivity index (χ3v) is 6.00. The van der Waals surface area contributed by atoms with E-state index in [-0.39, 0.29) is 17.6 Å². The third kappa shape index (κ3) is 4.66. The van der Waals surface area contributed by atoms with Crippen LogP contribution in [-0.2, 0) is 10.4 Å². The highest BCUT2D eigenvalue weighted by atomic mass is 19.1. The maximum atomic E-state index is 14.1. The molecule has 29 heavy (non-hydrogen) atoms. The molecule has 1 aliphatic carbocycles. The van der Waals surface area contributed by atoms with E-state index in [1.54, 1.807) is 18.2 Å². The first kappa shape index (κ1) is 20.0. The number of nitrogens with zero attached hydrogens (tertiary/aromatic N) is 1. The summed E-state index contributed by atoms with van der Waals surface area (Å²) < 4.78 is 14.1. The summed E-state index contributed by atoms with van der Waals surface area (Å²) in [6, 6.07) is 13.7. The normalized spacial score (nSPS) is 20.2. The van der Waals surface area contributed by atoms with Gasteiger partial charge < -0.3 is 20.4 Å².